The Balaban J connectivity index is 1.82. The van der Waals surface area contributed by atoms with Gasteiger partial charge < -0.3 is 4.74 Å². The van der Waals surface area contributed by atoms with Gasteiger partial charge in [0.15, 0.2) is 0 Å². The molecule has 1 aliphatic heterocycles. The van der Waals surface area contributed by atoms with E-state index in [4.69, 9.17) is 4.74 Å². The summed E-state index contributed by atoms with van der Waals surface area (Å²) in [7, 11) is 0. The van der Waals surface area contributed by atoms with E-state index in [1.54, 1.807) is 6.08 Å². The fourth-order valence-corrected chi connectivity index (χ4v) is 4.14. The minimum absolute atomic E-state index is 0.0178. The van der Waals surface area contributed by atoms with Crippen molar-refractivity contribution in [2.24, 2.45) is 0 Å². The van der Waals surface area contributed by atoms with Crippen molar-refractivity contribution in [3.63, 3.8) is 0 Å². The van der Waals surface area contributed by atoms with Gasteiger partial charge in [-0.05, 0) is 49.1 Å². The van der Waals surface area contributed by atoms with E-state index in [0.717, 1.165) is 42.9 Å². The highest BCUT2D eigenvalue weighted by Gasteiger charge is 2.40. The fraction of sp³-hybridized carbons (Fsp3) is 0.375. The molecule has 4 amide bonds. The lowest BCUT2D eigenvalue weighted by molar-refractivity contribution is -0.131. The van der Waals surface area contributed by atoms with Gasteiger partial charge in [-0.25, -0.2) is 4.79 Å². The molecule has 0 bridgehead atoms. The number of benzene rings is 2. The third-order valence-corrected chi connectivity index (χ3v) is 5.95. The van der Waals surface area contributed by atoms with E-state index in [9.17, 15) is 14.4 Å². The van der Waals surface area contributed by atoms with E-state index in [1.807, 2.05) is 50.2 Å². The smallest absolute Gasteiger partial charge is 0.331 e. The second kappa shape index (κ2) is 8.30. The maximum atomic E-state index is 13.2. The van der Waals surface area contributed by atoms with E-state index in [2.05, 4.69) is 5.32 Å². The van der Waals surface area contributed by atoms with Gasteiger partial charge in [0, 0.05) is 11.6 Å². The number of carbonyl (C=O) groups is 3. The molecular formula is C24H26N2O4. The topological polar surface area (TPSA) is 75.7 Å². The van der Waals surface area contributed by atoms with Crippen molar-refractivity contribution in [1.29, 1.82) is 0 Å². The molecule has 0 aromatic heterocycles. The Bertz CT molecular complexity index is 1040. The van der Waals surface area contributed by atoms with Crippen molar-refractivity contribution in [3.8, 4) is 5.75 Å². The molecule has 1 N–H and O–H groups in total. The van der Waals surface area contributed by atoms with E-state index in [-0.39, 0.29) is 17.7 Å². The lowest BCUT2D eigenvalue weighted by atomic mass is 9.99. The molecule has 1 atom stereocenters. The molecular weight excluding hydrogens is 380 g/mol. The molecule has 0 radical (unpaired) electrons. The predicted molar refractivity (Wildman–Crippen MR) is 115 cm³/mol. The lowest BCUT2D eigenvalue weighted by Gasteiger charge is -2.31. The summed E-state index contributed by atoms with van der Waals surface area (Å²) in [6, 6.07) is 10.8. The maximum Gasteiger partial charge on any atom is 0.331 e. The van der Waals surface area contributed by atoms with Crippen LogP contribution in [0.2, 0.25) is 0 Å². The molecule has 6 nitrogen and oxygen atoms in total. The highest BCUT2D eigenvalue weighted by Crippen LogP contribution is 2.33. The van der Waals surface area contributed by atoms with Crippen molar-refractivity contribution in [2.75, 3.05) is 0 Å². The van der Waals surface area contributed by atoms with Crippen LogP contribution in [-0.2, 0) is 9.59 Å². The summed E-state index contributed by atoms with van der Waals surface area (Å²) < 4.78 is 6.09. The zero-order chi connectivity index (χ0) is 21.3. The highest BCUT2D eigenvalue weighted by molar-refractivity contribution is 6.31. The van der Waals surface area contributed by atoms with Gasteiger partial charge in [0.05, 0.1) is 6.10 Å². The van der Waals surface area contributed by atoms with Gasteiger partial charge in [-0.1, -0.05) is 50.1 Å². The van der Waals surface area contributed by atoms with Crippen LogP contribution in [0.25, 0.3) is 16.8 Å². The zero-order valence-corrected chi connectivity index (χ0v) is 17.3. The van der Waals surface area contributed by atoms with Crippen LogP contribution in [0.4, 0.5) is 4.79 Å². The van der Waals surface area contributed by atoms with Crippen LogP contribution in [-0.4, -0.2) is 34.9 Å². The van der Waals surface area contributed by atoms with Gasteiger partial charge in [0.1, 0.15) is 11.3 Å². The Labute approximate surface area is 175 Å². The second-order valence-corrected chi connectivity index (χ2v) is 7.97. The maximum absolute atomic E-state index is 13.2. The van der Waals surface area contributed by atoms with Crippen LogP contribution in [0.15, 0.2) is 42.0 Å². The summed E-state index contributed by atoms with van der Waals surface area (Å²) in [4.78, 5) is 39.4. The van der Waals surface area contributed by atoms with Gasteiger partial charge in [-0.15, -0.1) is 0 Å². The summed E-state index contributed by atoms with van der Waals surface area (Å²) in [5.74, 6) is -0.583. The van der Waals surface area contributed by atoms with Gasteiger partial charge in [0.25, 0.3) is 11.8 Å². The van der Waals surface area contributed by atoms with Crippen LogP contribution in [0, 0.1) is 0 Å². The predicted octanol–water partition coefficient (Wildman–Crippen LogP) is 4.42. The third-order valence-electron chi connectivity index (χ3n) is 5.95. The highest BCUT2D eigenvalue weighted by atomic mass is 16.5. The first kappa shape index (κ1) is 20.1. The summed E-state index contributed by atoms with van der Waals surface area (Å²) >= 11 is 0. The number of rotatable bonds is 5. The number of fused-ring (bicyclic) bond motifs is 1. The molecule has 30 heavy (non-hydrogen) atoms. The summed E-state index contributed by atoms with van der Waals surface area (Å²) in [5.41, 5.74) is 0.638. The van der Waals surface area contributed by atoms with Crippen LogP contribution < -0.4 is 10.1 Å². The first-order chi connectivity index (χ1) is 14.5. The van der Waals surface area contributed by atoms with E-state index in [0.29, 0.717) is 11.3 Å². The number of hydrogen-bond acceptors (Lipinski definition) is 4. The van der Waals surface area contributed by atoms with Crippen molar-refractivity contribution < 1.29 is 19.1 Å². The normalized spacial score (nSPS) is 20.1. The molecule has 2 aliphatic rings. The summed E-state index contributed by atoms with van der Waals surface area (Å²) in [5, 5.41) is 4.21. The van der Waals surface area contributed by atoms with E-state index in [1.165, 1.54) is 4.90 Å². The van der Waals surface area contributed by atoms with E-state index >= 15 is 0 Å². The number of imide groups is 2. The largest absolute Gasteiger partial charge is 0.490 e. The summed E-state index contributed by atoms with van der Waals surface area (Å²) in [6.45, 7) is 4.01. The molecule has 156 valence electrons. The molecule has 6 heteroatoms. The molecule has 0 unspecified atom stereocenters. The molecule has 2 aromatic carbocycles. The SMILES string of the molecule is CC[C@@H](C)Oc1ccc2ccccc2c1/C=C1\C(=O)NC(=O)N(C2CCCC2)C1=O. The Morgan fingerprint density at radius 3 is 2.60 bits per heavy atom. The van der Waals surface area contributed by atoms with Crippen LogP contribution in [0.5, 0.6) is 5.75 Å². The standard InChI is InChI=1S/C24H26N2O4/c1-3-15(2)30-21-13-12-16-8-4-7-11-18(16)19(21)14-20-22(27)25-24(29)26(23(20)28)17-9-5-6-10-17/h4,7-8,11-15,17H,3,5-6,9-10H2,1-2H3,(H,25,27,29)/b20-14+/t15-/m1/s1. The van der Waals surface area contributed by atoms with Crippen LogP contribution in [0.3, 0.4) is 0 Å². The quantitative estimate of drug-likeness (QED) is 0.589. The molecule has 4 rings (SSSR count). The first-order valence-corrected chi connectivity index (χ1v) is 10.6. The second-order valence-electron chi connectivity index (χ2n) is 7.97. The number of urea groups is 1. The number of barbiturate groups is 1. The van der Waals surface area contributed by atoms with E-state index < -0.39 is 17.8 Å². The molecule has 1 aliphatic carbocycles. The average molecular weight is 406 g/mol. The Morgan fingerprint density at radius 1 is 1.13 bits per heavy atom. The molecule has 2 fully saturated rings. The number of nitrogens with one attached hydrogen (secondary N) is 1. The summed E-state index contributed by atoms with van der Waals surface area (Å²) in [6.07, 6.45) is 5.89. The molecule has 2 aromatic rings. The molecule has 1 saturated carbocycles. The Hall–Kier alpha value is -3.15. The van der Waals surface area contributed by atoms with Gasteiger partial charge in [-0.3, -0.25) is 19.8 Å². The zero-order valence-electron chi connectivity index (χ0n) is 17.3. The number of amides is 4. The van der Waals surface area contributed by atoms with Crippen molar-refractivity contribution >= 4 is 34.7 Å². The van der Waals surface area contributed by atoms with Crippen LogP contribution >= 0.6 is 0 Å². The van der Waals surface area contributed by atoms with Gasteiger partial charge >= 0.3 is 6.03 Å². The fourth-order valence-electron chi connectivity index (χ4n) is 4.14. The van der Waals surface area contributed by atoms with Crippen molar-refractivity contribution in [2.45, 2.75) is 58.1 Å². The van der Waals surface area contributed by atoms with Crippen molar-refractivity contribution in [1.82, 2.24) is 10.2 Å². The average Bonchev–Trinajstić information content (AvgIpc) is 3.26. The third kappa shape index (κ3) is 3.70. The molecule has 1 heterocycles. The Morgan fingerprint density at radius 2 is 1.87 bits per heavy atom. The Kier molecular flexibility index (Phi) is 5.57. The number of nitrogens with zero attached hydrogens (tertiary/aromatic N) is 1. The van der Waals surface area contributed by atoms with Gasteiger partial charge in [-0.2, -0.15) is 0 Å². The minimum atomic E-state index is -0.665. The molecule has 1 saturated heterocycles. The monoisotopic (exact) mass is 406 g/mol. The van der Waals surface area contributed by atoms with Gasteiger partial charge in [0.2, 0.25) is 0 Å². The number of ether oxygens (including phenoxy) is 1. The minimum Gasteiger partial charge on any atom is -0.490 e. The number of carbonyl (C=O) groups excluding carboxylic acids is 3. The van der Waals surface area contributed by atoms with Crippen molar-refractivity contribution in [3.05, 3.63) is 47.5 Å². The van der Waals surface area contributed by atoms with Crippen LogP contribution in [0.1, 0.15) is 51.5 Å². The first-order valence-electron chi connectivity index (χ1n) is 10.6. The number of hydrogen-bond donors (Lipinski definition) is 1. The lowest BCUT2D eigenvalue weighted by Crippen LogP contribution is -2.57. The molecule has 0 spiro atoms.